The van der Waals surface area contributed by atoms with Gasteiger partial charge in [0, 0.05) is 16.7 Å². The van der Waals surface area contributed by atoms with Gasteiger partial charge in [0.25, 0.3) is 0 Å². The quantitative estimate of drug-likeness (QED) is 0.452. The molecular weight excluding hydrogens is 344 g/mol. The minimum atomic E-state index is -0.654. The smallest absolute Gasteiger partial charge is 0.139 e. The molecule has 0 amide bonds. The number of benzene rings is 2. The number of rotatable bonds is 3. The Morgan fingerprint density at radius 2 is 1.60 bits per heavy atom. The van der Waals surface area contributed by atoms with Gasteiger partial charge in [0.2, 0.25) is 0 Å². The zero-order valence-electron chi connectivity index (χ0n) is 14.8. The molecule has 0 saturated carbocycles. The number of aromatic nitrogens is 1. The maximum atomic E-state index is 14.0. The van der Waals surface area contributed by atoms with Crippen molar-refractivity contribution in [2.75, 3.05) is 0 Å². The maximum absolute atomic E-state index is 14.0. The summed E-state index contributed by atoms with van der Waals surface area (Å²) in [7, 11) is 0. The molecule has 0 atom stereocenters. The molecule has 0 aliphatic carbocycles. The van der Waals surface area contributed by atoms with Gasteiger partial charge in [-0.2, -0.15) is 4.74 Å². The van der Waals surface area contributed by atoms with Crippen LogP contribution in [0.5, 0.6) is 0 Å². The van der Waals surface area contributed by atoms with E-state index in [1.54, 1.807) is 36.5 Å². The predicted molar refractivity (Wildman–Crippen MR) is 100 cm³/mol. The molecule has 2 nitrogen and oxygen atoms in total. The van der Waals surface area contributed by atoms with E-state index >= 15 is 0 Å². The molecule has 0 spiro atoms. The highest BCUT2D eigenvalue weighted by molar-refractivity contribution is 6.30. The molecule has 0 radical (unpaired) electrons. The monoisotopic (exact) mass is 365 g/mol. The molecule has 0 saturated heterocycles. The van der Waals surface area contributed by atoms with Gasteiger partial charge < -0.3 is 4.52 Å². The highest BCUT2D eigenvalue weighted by atomic mass is 35.5. The number of halogens is 3. The molecule has 134 valence electrons. The normalized spacial score (nSPS) is 10.4. The SMILES string of the molecule is CC.CC.Fc1ccc(/C(=C\c2ccc(Cl)cc2)n2cco2)c(F)c1. The molecule has 25 heavy (non-hydrogen) atoms. The van der Waals surface area contributed by atoms with E-state index in [0.717, 1.165) is 11.6 Å². The van der Waals surface area contributed by atoms with Gasteiger partial charge in [-0.05, 0) is 35.9 Å². The Bertz CT molecular complexity index is 779. The summed E-state index contributed by atoms with van der Waals surface area (Å²) in [5.74, 6) is -1.28. The van der Waals surface area contributed by atoms with E-state index in [9.17, 15) is 8.78 Å². The lowest BCUT2D eigenvalue weighted by molar-refractivity contribution is 0.290. The average molecular weight is 366 g/mol. The summed E-state index contributed by atoms with van der Waals surface area (Å²) in [6.07, 6.45) is 4.85. The van der Waals surface area contributed by atoms with Crippen molar-refractivity contribution in [1.82, 2.24) is 4.74 Å². The van der Waals surface area contributed by atoms with Crippen LogP contribution < -0.4 is 0 Å². The van der Waals surface area contributed by atoms with E-state index in [1.165, 1.54) is 23.1 Å². The fourth-order valence-electron chi connectivity index (χ4n) is 1.93. The second-order valence-electron chi connectivity index (χ2n) is 4.42. The molecule has 0 bridgehead atoms. The van der Waals surface area contributed by atoms with Crippen LogP contribution in [0.1, 0.15) is 38.8 Å². The Morgan fingerprint density at radius 1 is 1.00 bits per heavy atom. The van der Waals surface area contributed by atoms with E-state index in [4.69, 9.17) is 16.1 Å². The van der Waals surface area contributed by atoms with E-state index in [2.05, 4.69) is 0 Å². The van der Waals surface area contributed by atoms with Gasteiger partial charge in [-0.1, -0.05) is 51.4 Å². The molecule has 1 heterocycles. The van der Waals surface area contributed by atoms with Crippen LogP contribution in [0.4, 0.5) is 8.78 Å². The summed E-state index contributed by atoms with van der Waals surface area (Å²) < 4.78 is 33.6. The van der Waals surface area contributed by atoms with E-state index in [1.807, 2.05) is 27.7 Å². The van der Waals surface area contributed by atoms with Gasteiger partial charge in [-0.3, -0.25) is 0 Å². The Kier molecular flexibility index (Phi) is 8.71. The maximum Gasteiger partial charge on any atom is 0.139 e. The molecule has 3 aromatic rings. The van der Waals surface area contributed by atoms with Crippen molar-refractivity contribution in [1.29, 1.82) is 0 Å². The van der Waals surface area contributed by atoms with Gasteiger partial charge in [0.15, 0.2) is 0 Å². The molecule has 0 fully saturated rings. The highest BCUT2D eigenvalue weighted by Gasteiger charge is 2.13. The van der Waals surface area contributed by atoms with Crippen molar-refractivity contribution < 1.29 is 13.3 Å². The third-order valence-electron chi connectivity index (χ3n) is 2.99. The lowest BCUT2D eigenvalue weighted by atomic mass is 10.1. The molecular formula is C20H22ClF2NO. The summed E-state index contributed by atoms with van der Waals surface area (Å²) in [6.45, 7) is 8.00. The molecule has 0 aliphatic rings. The summed E-state index contributed by atoms with van der Waals surface area (Å²) in [4.78, 5) is 0. The van der Waals surface area contributed by atoms with Gasteiger partial charge in [-0.25, -0.2) is 8.78 Å². The number of hydrogen-bond donors (Lipinski definition) is 0. The van der Waals surface area contributed by atoms with Crippen LogP contribution >= 0.6 is 11.6 Å². The van der Waals surface area contributed by atoms with Crippen molar-refractivity contribution in [3.63, 3.8) is 0 Å². The van der Waals surface area contributed by atoms with Crippen LogP contribution in [0.15, 0.2) is 59.4 Å². The van der Waals surface area contributed by atoms with Gasteiger partial charge >= 0.3 is 0 Å². The lowest BCUT2D eigenvalue weighted by Crippen LogP contribution is -2.03. The summed E-state index contributed by atoms with van der Waals surface area (Å²) in [6, 6.07) is 10.5. The Morgan fingerprint density at radius 3 is 2.08 bits per heavy atom. The Hall–Kier alpha value is -2.33. The van der Waals surface area contributed by atoms with Crippen LogP contribution in [0.25, 0.3) is 11.8 Å². The number of nitrogens with zero attached hydrogens (tertiary/aromatic N) is 1. The summed E-state index contributed by atoms with van der Waals surface area (Å²) in [5.41, 5.74) is 1.54. The Labute approximate surface area is 152 Å². The van der Waals surface area contributed by atoms with Gasteiger partial charge in [0.05, 0.1) is 11.9 Å². The predicted octanol–water partition coefficient (Wildman–Crippen LogP) is 7.11. The minimum absolute atomic E-state index is 0.246. The van der Waals surface area contributed by atoms with Crippen LogP contribution in [0.3, 0.4) is 0 Å². The fourth-order valence-corrected chi connectivity index (χ4v) is 2.06. The average Bonchev–Trinajstić information content (AvgIpc) is 2.58. The van der Waals surface area contributed by atoms with Crippen molar-refractivity contribution in [3.05, 3.63) is 82.7 Å². The third-order valence-corrected chi connectivity index (χ3v) is 3.24. The molecule has 0 aliphatic heterocycles. The van der Waals surface area contributed by atoms with Crippen LogP contribution in [0, 0.1) is 11.6 Å². The first-order chi connectivity index (χ1) is 12.1. The first-order valence-corrected chi connectivity index (χ1v) is 8.57. The third kappa shape index (κ3) is 5.61. The lowest BCUT2D eigenvalue weighted by Gasteiger charge is -2.13. The topological polar surface area (TPSA) is 18.1 Å². The first-order valence-electron chi connectivity index (χ1n) is 8.19. The molecule has 0 unspecified atom stereocenters. The molecule has 5 heteroatoms. The van der Waals surface area contributed by atoms with Crippen molar-refractivity contribution in [2.24, 2.45) is 0 Å². The fraction of sp³-hybridized carbons (Fsp3) is 0.200. The summed E-state index contributed by atoms with van der Waals surface area (Å²) >= 11 is 5.84. The molecule has 2 aromatic carbocycles. The molecule has 0 N–H and O–H groups in total. The van der Waals surface area contributed by atoms with Gasteiger partial charge in [-0.15, -0.1) is 0 Å². The number of hydrogen-bond acceptors (Lipinski definition) is 1. The molecule has 3 rings (SSSR count). The van der Waals surface area contributed by atoms with E-state index < -0.39 is 11.6 Å². The second-order valence-corrected chi connectivity index (χ2v) is 4.86. The zero-order chi connectivity index (χ0) is 18.8. The zero-order valence-corrected chi connectivity index (χ0v) is 15.5. The summed E-state index contributed by atoms with van der Waals surface area (Å²) in [5, 5.41) is 0.613. The van der Waals surface area contributed by atoms with E-state index in [-0.39, 0.29) is 5.56 Å². The van der Waals surface area contributed by atoms with Crippen molar-refractivity contribution in [3.8, 4) is 0 Å². The van der Waals surface area contributed by atoms with Crippen LogP contribution in [-0.4, -0.2) is 4.74 Å². The van der Waals surface area contributed by atoms with Crippen LogP contribution in [0.2, 0.25) is 5.02 Å². The van der Waals surface area contributed by atoms with Crippen molar-refractivity contribution >= 4 is 23.4 Å². The first kappa shape index (κ1) is 20.7. The molecule has 1 aromatic heterocycles. The van der Waals surface area contributed by atoms with Crippen LogP contribution in [-0.2, 0) is 0 Å². The highest BCUT2D eigenvalue weighted by Crippen LogP contribution is 2.25. The standard InChI is InChI=1S/C16H10ClF2NO.2C2H6/c17-12-3-1-11(2-4-12)9-16(20-7-8-21-20)14-6-5-13(18)10-15(14)19;2*1-2/h1-10H;2*1-2H3/b16-9+;;. The second kappa shape index (κ2) is 10.5. The van der Waals surface area contributed by atoms with E-state index in [0.29, 0.717) is 10.7 Å². The largest absolute Gasteiger partial charge is 0.381 e. The van der Waals surface area contributed by atoms with Gasteiger partial charge in [0.1, 0.15) is 17.9 Å². The van der Waals surface area contributed by atoms with Crippen molar-refractivity contribution in [2.45, 2.75) is 27.7 Å². The minimum Gasteiger partial charge on any atom is -0.381 e. The Balaban J connectivity index is 0.000000730.